The van der Waals surface area contributed by atoms with E-state index in [0.29, 0.717) is 11.6 Å². The number of aromatic nitrogens is 1. The summed E-state index contributed by atoms with van der Waals surface area (Å²) in [5.41, 5.74) is 0.721. The van der Waals surface area contributed by atoms with Gasteiger partial charge in [-0.2, -0.15) is 0 Å². The van der Waals surface area contributed by atoms with Gasteiger partial charge in [-0.3, -0.25) is 4.79 Å². The van der Waals surface area contributed by atoms with E-state index < -0.39 is 0 Å². The van der Waals surface area contributed by atoms with Crippen molar-refractivity contribution in [3.8, 4) is 0 Å². The van der Waals surface area contributed by atoms with Gasteiger partial charge in [0.2, 0.25) is 0 Å². The molecule has 0 bridgehead atoms. The molecule has 1 heterocycles. The Morgan fingerprint density at radius 2 is 2.31 bits per heavy atom. The minimum absolute atomic E-state index is 0.103. The fraction of sp³-hybridized carbons (Fsp3) is 0.500. The summed E-state index contributed by atoms with van der Waals surface area (Å²) < 4.78 is 4.87. The Balaban J connectivity index is 2.13. The second-order valence-electron chi connectivity index (χ2n) is 4.29. The zero-order valence-electron chi connectivity index (χ0n) is 9.20. The molecule has 1 aliphatic carbocycles. The molecule has 0 aromatic carbocycles. The number of ether oxygens (including phenoxy) is 1. The molecule has 0 spiro atoms. The van der Waals surface area contributed by atoms with E-state index in [4.69, 9.17) is 16.3 Å². The van der Waals surface area contributed by atoms with Gasteiger partial charge >= 0.3 is 5.97 Å². The lowest BCUT2D eigenvalue weighted by molar-refractivity contribution is -0.158. The van der Waals surface area contributed by atoms with Crippen LogP contribution >= 0.6 is 11.6 Å². The predicted molar refractivity (Wildman–Crippen MR) is 61.3 cm³/mol. The topological polar surface area (TPSA) is 39.2 Å². The van der Waals surface area contributed by atoms with Crippen LogP contribution in [0.25, 0.3) is 0 Å². The molecule has 1 fully saturated rings. The van der Waals surface area contributed by atoms with Crippen molar-refractivity contribution in [3.63, 3.8) is 0 Å². The number of pyridine rings is 1. The monoisotopic (exact) mass is 239 g/mol. The normalized spacial score (nSPS) is 17.6. The lowest BCUT2D eigenvalue weighted by atomic mass is 9.65. The summed E-state index contributed by atoms with van der Waals surface area (Å²) in [4.78, 5) is 15.7. The Hall–Kier alpha value is -1.09. The van der Waals surface area contributed by atoms with E-state index in [9.17, 15) is 4.79 Å². The summed E-state index contributed by atoms with van der Waals surface area (Å²) in [6, 6.07) is 3.67. The maximum absolute atomic E-state index is 11.7. The molecular formula is C12H14ClNO2. The summed E-state index contributed by atoms with van der Waals surface area (Å²) in [6.45, 7) is 0. The molecular weight excluding hydrogens is 226 g/mol. The third-order valence-electron chi connectivity index (χ3n) is 3.26. The van der Waals surface area contributed by atoms with Crippen molar-refractivity contribution in [3.05, 3.63) is 29.0 Å². The van der Waals surface area contributed by atoms with E-state index in [0.717, 1.165) is 24.8 Å². The van der Waals surface area contributed by atoms with Gasteiger partial charge in [-0.15, -0.1) is 0 Å². The van der Waals surface area contributed by atoms with E-state index in [1.54, 1.807) is 12.3 Å². The summed E-state index contributed by atoms with van der Waals surface area (Å²) in [7, 11) is 1.45. The van der Waals surface area contributed by atoms with Gasteiger partial charge in [-0.25, -0.2) is 4.98 Å². The maximum atomic E-state index is 11.7. The Labute approximate surface area is 99.8 Å². The lowest BCUT2D eigenvalue weighted by Gasteiger charge is -2.38. The average molecular weight is 240 g/mol. The van der Waals surface area contributed by atoms with Gasteiger partial charge in [0, 0.05) is 6.20 Å². The van der Waals surface area contributed by atoms with E-state index in [-0.39, 0.29) is 11.4 Å². The van der Waals surface area contributed by atoms with E-state index in [1.165, 1.54) is 7.11 Å². The molecule has 0 unspecified atom stereocenters. The SMILES string of the molecule is COC(=O)C1(Cc2ccc(Cl)nc2)CCC1. The number of rotatable bonds is 3. The smallest absolute Gasteiger partial charge is 0.312 e. The molecule has 86 valence electrons. The molecule has 1 aromatic heterocycles. The van der Waals surface area contributed by atoms with Crippen molar-refractivity contribution in [1.29, 1.82) is 0 Å². The van der Waals surface area contributed by atoms with E-state index >= 15 is 0 Å². The number of esters is 1. The van der Waals surface area contributed by atoms with Crippen LogP contribution in [0.3, 0.4) is 0 Å². The molecule has 0 amide bonds. The Kier molecular flexibility index (Phi) is 3.15. The highest BCUT2D eigenvalue weighted by atomic mass is 35.5. The fourth-order valence-corrected chi connectivity index (χ4v) is 2.29. The van der Waals surface area contributed by atoms with Crippen LogP contribution in [0.15, 0.2) is 18.3 Å². The zero-order chi connectivity index (χ0) is 11.6. The van der Waals surface area contributed by atoms with Gasteiger partial charge in [0.1, 0.15) is 5.15 Å². The van der Waals surface area contributed by atoms with E-state index in [2.05, 4.69) is 4.98 Å². The third-order valence-corrected chi connectivity index (χ3v) is 3.48. The second kappa shape index (κ2) is 4.42. The first kappa shape index (κ1) is 11.4. The van der Waals surface area contributed by atoms with Crippen LogP contribution in [0.5, 0.6) is 0 Å². The molecule has 4 heteroatoms. The van der Waals surface area contributed by atoms with Gasteiger partial charge in [0.15, 0.2) is 0 Å². The number of methoxy groups -OCH3 is 1. The highest BCUT2D eigenvalue weighted by Gasteiger charge is 2.45. The predicted octanol–water partition coefficient (Wildman–Crippen LogP) is 2.62. The van der Waals surface area contributed by atoms with Crippen molar-refractivity contribution in [2.75, 3.05) is 7.11 Å². The largest absolute Gasteiger partial charge is 0.469 e. The van der Waals surface area contributed by atoms with Crippen LogP contribution in [0, 0.1) is 5.41 Å². The molecule has 0 N–H and O–H groups in total. The summed E-state index contributed by atoms with van der Waals surface area (Å²) in [5, 5.41) is 0.476. The molecule has 2 rings (SSSR count). The fourth-order valence-electron chi connectivity index (χ4n) is 2.17. The summed E-state index contributed by atoms with van der Waals surface area (Å²) >= 11 is 5.72. The Bertz CT molecular complexity index is 385. The Morgan fingerprint density at radius 1 is 1.56 bits per heavy atom. The minimum Gasteiger partial charge on any atom is -0.469 e. The summed E-state index contributed by atoms with van der Waals surface area (Å²) in [6.07, 6.45) is 5.33. The molecule has 0 radical (unpaired) electrons. The van der Waals surface area contributed by atoms with Gasteiger partial charge in [-0.05, 0) is 30.9 Å². The number of hydrogen-bond acceptors (Lipinski definition) is 3. The van der Waals surface area contributed by atoms with Crippen LogP contribution < -0.4 is 0 Å². The molecule has 0 aliphatic heterocycles. The average Bonchev–Trinajstić information content (AvgIpc) is 2.25. The van der Waals surface area contributed by atoms with Crippen molar-refractivity contribution < 1.29 is 9.53 Å². The first-order chi connectivity index (χ1) is 7.66. The van der Waals surface area contributed by atoms with Crippen molar-refractivity contribution in [1.82, 2.24) is 4.98 Å². The minimum atomic E-state index is -0.315. The van der Waals surface area contributed by atoms with Crippen LogP contribution in [0.2, 0.25) is 5.15 Å². The Morgan fingerprint density at radius 3 is 2.75 bits per heavy atom. The highest BCUT2D eigenvalue weighted by Crippen LogP contribution is 2.44. The number of carbonyl (C=O) groups is 1. The first-order valence-corrected chi connectivity index (χ1v) is 5.73. The van der Waals surface area contributed by atoms with Crippen LogP contribution in [-0.2, 0) is 16.0 Å². The number of nitrogens with zero attached hydrogens (tertiary/aromatic N) is 1. The van der Waals surface area contributed by atoms with Crippen LogP contribution in [0.1, 0.15) is 24.8 Å². The highest BCUT2D eigenvalue weighted by molar-refractivity contribution is 6.29. The van der Waals surface area contributed by atoms with Crippen LogP contribution in [0.4, 0.5) is 0 Å². The van der Waals surface area contributed by atoms with Gasteiger partial charge in [0.05, 0.1) is 12.5 Å². The number of carbonyl (C=O) groups excluding carboxylic acids is 1. The molecule has 3 nitrogen and oxygen atoms in total. The summed E-state index contributed by atoms with van der Waals surface area (Å²) in [5.74, 6) is -0.103. The van der Waals surface area contributed by atoms with E-state index in [1.807, 2.05) is 6.07 Å². The molecule has 0 saturated heterocycles. The molecule has 0 atom stereocenters. The third kappa shape index (κ3) is 2.05. The van der Waals surface area contributed by atoms with Gasteiger partial charge in [0.25, 0.3) is 0 Å². The van der Waals surface area contributed by atoms with Crippen molar-refractivity contribution in [2.24, 2.45) is 5.41 Å². The maximum Gasteiger partial charge on any atom is 0.312 e. The van der Waals surface area contributed by atoms with Crippen molar-refractivity contribution in [2.45, 2.75) is 25.7 Å². The number of halogens is 1. The molecule has 1 aliphatic rings. The van der Waals surface area contributed by atoms with Crippen molar-refractivity contribution >= 4 is 17.6 Å². The lowest BCUT2D eigenvalue weighted by Crippen LogP contribution is -2.40. The van der Waals surface area contributed by atoms with Crippen LogP contribution in [-0.4, -0.2) is 18.1 Å². The standard InChI is InChI=1S/C12H14ClNO2/c1-16-11(15)12(5-2-6-12)7-9-3-4-10(13)14-8-9/h3-4,8H,2,5-7H2,1H3. The second-order valence-corrected chi connectivity index (χ2v) is 4.68. The molecule has 1 aromatic rings. The molecule has 16 heavy (non-hydrogen) atoms. The van der Waals surface area contributed by atoms with Gasteiger partial charge in [-0.1, -0.05) is 24.1 Å². The molecule has 1 saturated carbocycles. The van der Waals surface area contributed by atoms with Gasteiger partial charge < -0.3 is 4.74 Å². The quantitative estimate of drug-likeness (QED) is 0.601. The number of hydrogen-bond donors (Lipinski definition) is 0. The first-order valence-electron chi connectivity index (χ1n) is 5.35. The zero-order valence-corrected chi connectivity index (χ0v) is 9.96.